The van der Waals surface area contributed by atoms with Gasteiger partial charge < -0.3 is 10.2 Å². The van der Waals surface area contributed by atoms with Crippen LogP contribution in [-0.2, 0) is 4.79 Å². The van der Waals surface area contributed by atoms with Gasteiger partial charge in [0.2, 0.25) is 5.91 Å². The van der Waals surface area contributed by atoms with Crippen molar-refractivity contribution < 1.29 is 4.79 Å². The van der Waals surface area contributed by atoms with Gasteiger partial charge in [-0.2, -0.15) is 0 Å². The fourth-order valence-electron chi connectivity index (χ4n) is 2.05. The summed E-state index contributed by atoms with van der Waals surface area (Å²) >= 11 is 0. The second kappa shape index (κ2) is 6.05. The Bertz CT molecular complexity index is 204. The lowest BCUT2D eigenvalue weighted by Gasteiger charge is -2.35. The van der Waals surface area contributed by atoms with Gasteiger partial charge in [0.1, 0.15) is 0 Å². The van der Waals surface area contributed by atoms with Crippen LogP contribution in [0.4, 0.5) is 0 Å². The number of rotatable bonds is 4. The van der Waals surface area contributed by atoms with Gasteiger partial charge in [0.05, 0.1) is 0 Å². The van der Waals surface area contributed by atoms with E-state index in [0.717, 1.165) is 25.9 Å². The molecule has 0 spiro atoms. The van der Waals surface area contributed by atoms with Crippen molar-refractivity contribution in [2.75, 3.05) is 20.1 Å². The smallest absolute Gasteiger partial charge is 0.235 e. The number of nitrogens with zero attached hydrogens (tertiary/aromatic N) is 1. The molecule has 15 heavy (non-hydrogen) atoms. The molecule has 5 nitrogen and oxygen atoms in total. The molecule has 88 valence electrons. The topological polar surface area (TPSA) is 70.4 Å². The van der Waals surface area contributed by atoms with E-state index < -0.39 is 0 Å². The van der Waals surface area contributed by atoms with E-state index in [1.165, 1.54) is 0 Å². The van der Waals surface area contributed by atoms with Gasteiger partial charge in [-0.1, -0.05) is 0 Å². The molecule has 1 atom stereocenters. The summed E-state index contributed by atoms with van der Waals surface area (Å²) in [5.41, 5.74) is 2.18. The molecule has 1 fully saturated rings. The van der Waals surface area contributed by atoms with Crippen molar-refractivity contribution in [2.24, 2.45) is 5.84 Å². The molecule has 4 N–H and O–H groups in total. The number of nitrogens with two attached hydrogens (primary N) is 1. The first-order valence-electron chi connectivity index (χ1n) is 5.57. The lowest BCUT2D eigenvalue weighted by Crippen LogP contribution is -2.46. The summed E-state index contributed by atoms with van der Waals surface area (Å²) in [5, 5.41) is 3.33. The Labute approximate surface area is 91.3 Å². The molecule has 0 radical (unpaired) electrons. The highest BCUT2D eigenvalue weighted by molar-refractivity contribution is 5.75. The third-order valence-electron chi connectivity index (χ3n) is 3.22. The summed E-state index contributed by atoms with van der Waals surface area (Å²) < 4.78 is 0. The number of hydrogen-bond acceptors (Lipinski definition) is 4. The van der Waals surface area contributed by atoms with Crippen molar-refractivity contribution in [2.45, 2.75) is 38.3 Å². The van der Waals surface area contributed by atoms with E-state index >= 15 is 0 Å². The lowest BCUT2D eigenvalue weighted by atomic mass is 10.0. The number of piperidine rings is 1. The van der Waals surface area contributed by atoms with Crippen LogP contribution in [0.2, 0.25) is 0 Å². The summed E-state index contributed by atoms with van der Waals surface area (Å²) in [6.45, 7) is 4.22. The second-order valence-corrected chi connectivity index (χ2v) is 4.27. The Hall–Kier alpha value is -0.650. The second-order valence-electron chi connectivity index (χ2n) is 4.27. The van der Waals surface area contributed by atoms with Gasteiger partial charge in [-0.3, -0.25) is 10.2 Å². The van der Waals surface area contributed by atoms with Gasteiger partial charge in [-0.15, -0.1) is 0 Å². The van der Waals surface area contributed by atoms with Crippen LogP contribution < -0.4 is 16.6 Å². The summed E-state index contributed by atoms with van der Waals surface area (Å²) in [7, 11) is 2.09. The molecule has 1 aliphatic heterocycles. The highest BCUT2D eigenvalue weighted by atomic mass is 16.2. The fraction of sp³-hybridized carbons (Fsp3) is 0.900. The first kappa shape index (κ1) is 12.4. The molecule has 0 aliphatic carbocycles. The Morgan fingerprint density at radius 3 is 2.73 bits per heavy atom. The van der Waals surface area contributed by atoms with E-state index in [4.69, 9.17) is 5.84 Å². The van der Waals surface area contributed by atoms with Crippen LogP contribution in [0.5, 0.6) is 0 Å². The van der Waals surface area contributed by atoms with Crippen LogP contribution in [0, 0.1) is 0 Å². The van der Waals surface area contributed by atoms with Crippen molar-refractivity contribution in [3.8, 4) is 0 Å². The largest absolute Gasteiger partial charge is 0.317 e. The average Bonchev–Trinajstić information content (AvgIpc) is 2.29. The molecule has 1 amide bonds. The van der Waals surface area contributed by atoms with E-state index in [9.17, 15) is 4.79 Å². The van der Waals surface area contributed by atoms with Crippen LogP contribution >= 0.6 is 0 Å². The number of nitrogens with one attached hydrogen (secondary N) is 2. The molecule has 0 bridgehead atoms. The standard InChI is InChI=1S/C10H22N4O/c1-8(7-10(15)13-11)14(2)9-3-5-12-6-4-9/h8-9,12H,3-7,11H2,1-2H3,(H,13,15). The van der Waals surface area contributed by atoms with E-state index in [0.29, 0.717) is 12.5 Å². The SMILES string of the molecule is CC(CC(=O)NN)N(C)C1CCNCC1. The van der Waals surface area contributed by atoms with Crippen molar-refractivity contribution in [1.29, 1.82) is 0 Å². The highest BCUT2D eigenvalue weighted by Crippen LogP contribution is 2.14. The summed E-state index contributed by atoms with van der Waals surface area (Å²) in [6, 6.07) is 0.837. The lowest BCUT2D eigenvalue weighted by molar-refractivity contribution is -0.122. The Balaban J connectivity index is 2.36. The van der Waals surface area contributed by atoms with Crippen LogP contribution in [0.15, 0.2) is 0 Å². The van der Waals surface area contributed by atoms with Gasteiger partial charge in [0, 0.05) is 18.5 Å². The Morgan fingerprint density at radius 2 is 2.20 bits per heavy atom. The van der Waals surface area contributed by atoms with E-state index in [2.05, 4.69) is 29.6 Å². The molecule has 0 saturated carbocycles. The average molecular weight is 214 g/mol. The third kappa shape index (κ3) is 3.77. The summed E-state index contributed by atoms with van der Waals surface area (Å²) in [4.78, 5) is 13.4. The Morgan fingerprint density at radius 1 is 1.60 bits per heavy atom. The first-order valence-corrected chi connectivity index (χ1v) is 5.57. The van der Waals surface area contributed by atoms with E-state index in [-0.39, 0.29) is 11.9 Å². The normalized spacial score (nSPS) is 20.3. The molecule has 1 heterocycles. The molecule has 5 heteroatoms. The number of carbonyl (C=O) groups is 1. The number of amides is 1. The highest BCUT2D eigenvalue weighted by Gasteiger charge is 2.22. The van der Waals surface area contributed by atoms with Gasteiger partial charge >= 0.3 is 0 Å². The zero-order chi connectivity index (χ0) is 11.3. The van der Waals surface area contributed by atoms with Crippen molar-refractivity contribution in [3.63, 3.8) is 0 Å². The van der Waals surface area contributed by atoms with Crippen LogP contribution in [-0.4, -0.2) is 43.0 Å². The summed E-state index contributed by atoms with van der Waals surface area (Å²) in [6.07, 6.45) is 2.78. The molecule has 1 aliphatic rings. The molecule has 1 rings (SSSR count). The minimum absolute atomic E-state index is 0.0942. The predicted molar refractivity (Wildman–Crippen MR) is 60.1 cm³/mol. The molecule has 0 aromatic rings. The van der Waals surface area contributed by atoms with Gasteiger partial charge in [0.15, 0.2) is 0 Å². The predicted octanol–water partition coefficient (Wildman–Crippen LogP) is -0.561. The van der Waals surface area contributed by atoms with Crippen molar-refractivity contribution in [1.82, 2.24) is 15.6 Å². The van der Waals surface area contributed by atoms with Crippen LogP contribution in [0.25, 0.3) is 0 Å². The van der Waals surface area contributed by atoms with Gasteiger partial charge in [0.25, 0.3) is 0 Å². The summed E-state index contributed by atoms with van der Waals surface area (Å²) in [5.74, 6) is 4.98. The zero-order valence-electron chi connectivity index (χ0n) is 9.62. The maximum absolute atomic E-state index is 11.1. The monoisotopic (exact) mass is 214 g/mol. The van der Waals surface area contributed by atoms with Crippen molar-refractivity contribution in [3.05, 3.63) is 0 Å². The third-order valence-corrected chi connectivity index (χ3v) is 3.22. The molecule has 1 unspecified atom stereocenters. The first-order chi connectivity index (χ1) is 7.15. The van der Waals surface area contributed by atoms with Crippen LogP contribution in [0.1, 0.15) is 26.2 Å². The minimum Gasteiger partial charge on any atom is -0.317 e. The molecular weight excluding hydrogens is 192 g/mol. The fourth-order valence-corrected chi connectivity index (χ4v) is 2.05. The molecule has 1 saturated heterocycles. The maximum atomic E-state index is 11.1. The van der Waals surface area contributed by atoms with Gasteiger partial charge in [-0.25, -0.2) is 5.84 Å². The maximum Gasteiger partial charge on any atom is 0.235 e. The number of carbonyl (C=O) groups excluding carboxylic acids is 1. The number of hydrazine groups is 1. The van der Waals surface area contributed by atoms with Gasteiger partial charge in [-0.05, 0) is 39.9 Å². The molecule has 0 aromatic heterocycles. The minimum atomic E-state index is -0.0942. The van der Waals surface area contributed by atoms with Crippen molar-refractivity contribution >= 4 is 5.91 Å². The number of hydrogen-bond donors (Lipinski definition) is 3. The van der Waals surface area contributed by atoms with E-state index in [1.54, 1.807) is 0 Å². The van der Waals surface area contributed by atoms with E-state index in [1.807, 2.05) is 0 Å². The Kier molecular flexibility index (Phi) is 5.01. The zero-order valence-corrected chi connectivity index (χ0v) is 9.62. The molecule has 0 aromatic carbocycles. The van der Waals surface area contributed by atoms with Crippen LogP contribution in [0.3, 0.4) is 0 Å². The molecular formula is C10H22N4O. The quantitative estimate of drug-likeness (QED) is 0.333.